The first-order chi connectivity index (χ1) is 13.5. The Morgan fingerprint density at radius 1 is 1.43 bits per heavy atom. The molecule has 0 saturated carbocycles. The fourth-order valence-corrected chi connectivity index (χ4v) is 4.87. The second-order valence-electron chi connectivity index (χ2n) is 6.77. The van der Waals surface area contributed by atoms with Gasteiger partial charge in [0.05, 0.1) is 5.56 Å². The standard InChI is InChI=1S/C20H21N3O3S2/c1-12(2)22-20(25)26-14-4-5-15-16(10-21)19(28-17(15)9-14)23-18(24)6-3-13-7-8-27-11-13/h3,6-8,11-12,14H,4-5,9H2,1-2H3,(H,22,25)(H,23,24). The third-order valence-electron chi connectivity index (χ3n) is 4.22. The van der Waals surface area contributed by atoms with E-state index in [4.69, 9.17) is 4.74 Å². The van der Waals surface area contributed by atoms with Crippen LogP contribution in [-0.4, -0.2) is 24.1 Å². The number of carbonyl (C=O) groups excluding carboxylic acids is 2. The van der Waals surface area contributed by atoms with Crippen LogP contribution in [0.1, 0.15) is 41.8 Å². The van der Waals surface area contributed by atoms with E-state index in [0.29, 0.717) is 29.8 Å². The van der Waals surface area contributed by atoms with Gasteiger partial charge in [-0.25, -0.2) is 4.79 Å². The van der Waals surface area contributed by atoms with Gasteiger partial charge in [-0.3, -0.25) is 4.79 Å². The summed E-state index contributed by atoms with van der Waals surface area (Å²) >= 11 is 2.95. The number of thiophene rings is 2. The van der Waals surface area contributed by atoms with E-state index in [9.17, 15) is 14.9 Å². The number of carbonyl (C=O) groups is 2. The lowest BCUT2D eigenvalue weighted by Gasteiger charge is -2.23. The van der Waals surface area contributed by atoms with Crippen molar-refractivity contribution >= 4 is 45.8 Å². The summed E-state index contributed by atoms with van der Waals surface area (Å²) < 4.78 is 5.48. The fourth-order valence-electron chi connectivity index (χ4n) is 2.98. The van der Waals surface area contributed by atoms with Crippen LogP contribution in [0.15, 0.2) is 22.9 Å². The molecule has 2 amide bonds. The summed E-state index contributed by atoms with van der Waals surface area (Å²) in [5, 5.41) is 19.5. The Kier molecular flexibility index (Phi) is 6.49. The lowest BCUT2D eigenvalue weighted by molar-refractivity contribution is -0.111. The fraction of sp³-hybridized carbons (Fsp3) is 0.350. The zero-order valence-electron chi connectivity index (χ0n) is 15.7. The second kappa shape index (κ2) is 9.04. The average Bonchev–Trinajstić information content (AvgIpc) is 3.25. The number of hydrogen-bond acceptors (Lipinski definition) is 6. The number of ether oxygens (including phenoxy) is 1. The zero-order valence-corrected chi connectivity index (χ0v) is 17.3. The molecule has 2 aromatic heterocycles. The van der Waals surface area contributed by atoms with E-state index in [1.807, 2.05) is 30.7 Å². The molecule has 1 atom stereocenters. The van der Waals surface area contributed by atoms with E-state index in [1.54, 1.807) is 17.4 Å². The first-order valence-corrected chi connectivity index (χ1v) is 10.7. The molecular formula is C20H21N3O3S2. The highest BCUT2D eigenvalue weighted by atomic mass is 32.1. The summed E-state index contributed by atoms with van der Waals surface area (Å²) in [6.07, 6.45) is 4.42. The summed E-state index contributed by atoms with van der Waals surface area (Å²) in [7, 11) is 0. The first kappa shape index (κ1) is 20.1. The van der Waals surface area contributed by atoms with Gasteiger partial charge < -0.3 is 15.4 Å². The topological polar surface area (TPSA) is 91.2 Å². The highest BCUT2D eigenvalue weighted by molar-refractivity contribution is 7.16. The maximum absolute atomic E-state index is 12.2. The predicted octanol–water partition coefficient (Wildman–Crippen LogP) is 4.33. The lowest BCUT2D eigenvalue weighted by Crippen LogP contribution is -2.35. The molecule has 1 aliphatic carbocycles. The summed E-state index contributed by atoms with van der Waals surface area (Å²) in [5.41, 5.74) is 2.43. The van der Waals surface area contributed by atoms with Crippen molar-refractivity contribution in [3.63, 3.8) is 0 Å². The molecule has 2 N–H and O–H groups in total. The molecule has 28 heavy (non-hydrogen) atoms. The minimum atomic E-state index is -0.424. The zero-order chi connectivity index (χ0) is 20.1. The van der Waals surface area contributed by atoms with Crippen LogP contribution >= 0.6 is 22.7 Å². The quantitative estimate of drug-likeness (QED) is 0.711. The molecule has 0 bridgehead atoms. The van der Waals surface area contributed by atoms with Gasteiger partial charge in [0.1, 0.15) is 17.2 Å². The predicted molar refractivity (Wildman–Crippen MR) is 112 cm³/mol. The number of alkyl carbamates (subject to hydrolysis) is 1. The summed E-state index contributed by atoms with van der Waals surface area (Å²) in [4.78, 5) is 25.0. The number of hydrogen-bond donors (Lipinski definition) is 2. The van der Waals surface area contributed by atoms with Crippen molar-refractivity contribution in [1.82, 2.24) is 5.32 Å². The van der Waals surface area contributed by atoms with Crippen LogP contribution < -0.4 is 10.6 Å². The molecule has 1 aliphatic rings. The van der Waals surface area contributed by atoms with Crippen LogP contribution in [0.3, 0.4) is 0 Å². The van der Waals surface area contributed by atoms with Crippen LogP contribution in [0.5, 0.6) is 0 Å². The van der Waals surface area contributed by atoms with Crippen molar-refractivity contribution in [3.05, 3.63) is 44.5 Å². The number of nitrogens with zero attached hydrogens (tertiary/aromatic N) is 1. The highest BCUT2D eigenvalue weighted by Gasteiger charge is 2.28. The van der Waals surface area contributed by atoms with Crippen molar-refractivity contribution in [2.24, 2.45) is 0 Å². The molecule has 3 rings (SSSR count). The molecule has 1 unspecified atom stereocenters. The molecule has 2 heterocycles. The second-order valence-corrected chi connectivity index (χ2v) is 8.65. The molecule has 0 aromatic carbocycles. The van der Waals surface area contributed by atoms with Gasteiger partial charge >= 0.3 is 6.09 Å². The Labute approximate surface area is 171 Å². The van der Waals surface area contributed by atoms with E-state index in [1.165, 1.54) is 17.4 Å². The smallest absolute Gasteiger partial charge is 0.407 e. The molecule has 146 valence electrons. The molecule has 0 radical (unpaired) electrons. The van der Waals surface area contributed by atoms with E-state index >= 15 is 0 Å². The van der Waals surface area contributed by atoms with Crippen molar-refractivity contribution in [3.8, 4) is 6.07 Å². The minimum absolute atomic E-state index is 0.0162. The van der Waals surface area contributed by atoms with Gasteiger partial charge in [-0.15, -0.1) is 11.3 Å². The van der Waals surface area contributed by atoms with Crippen molar-refractivity contribution in [2.45, 2.75) is 45.3 Å². The monoisotopic (exact) mass is 415 g/mol. The Balaban J connectivity index is 1.68. The summed E-state index contributed by atoms with van der Waals surface area (Å²) in [6, 6.07) is 4.16. The number of nitrogens with one attached hydrogen (secondary N) is 2. The number of nitriles is 1. The van der Waals surface area contributed by atoms with Gasteiger partial charge in [-0.2, -0.15) is 16.6 Å². The van der Waals surface area contributed by atoms with Gasteiger partial charge in [0.25, 0.3) is 0 Å². The molecule has 0 spiro atoms. The Hall–Kier alpha value is -2.63. The molecular weight excluding hydrogens is 394 g/mol. The van der Waals surface area contributed by atoms with Gasteiger partial charge in [0, 0.05) is 23.4 Å². The molecule has 6 nitrogen and oxygen atoms in total. The van der Waals surface area contributed by atoms with Gasteiger partial charge in [-0.1, -0.05) is 0 Å². The number of anilines is 1. The van der Waals surface area contributed by atoms with E-state index in [2.05, 4.69) is 16.7 Å². The van der Waals surface area contributed by atoms with Crippen molar-refractivity contribution in [1.29, 1.82) is 5.26 Å². The van der Waals surface area contributed by atoms with Gasteiger partial charge in [0.2, 0.25) is 5.91 Å². The third kappa shape index (κ3) is 5.00. The van der Waals surface area contributed by atoms with Crippen LogP contribution in [-0.2, 0) is 22.4 Å². The van der Waals surface area contributed by atoms with Gasteiger partial charge in [0.15, 0.2) is 0 Å². The maximum atomic E-state index is 12.2. The van der Waals surface area contributed by atoms with Crippen molar-refractivity contribution in [2.75, 3.05) is 5.32 Å². The normalized spacial score (nSPS) is 15.9. The van der Waals surface area contributed by atoms with E-state index < -0.39 is 6.09 Å². The first-order valence-electron chi connectivity index (χ1n) is 8.99. The Morgan fingerprint density at radius 2 is 2.25 bits per heavy atom. The highest BCUT2D eigenvalue weighted by Crippen LogP contribution is 2.38. The minimum Gasteiger partial charge on any atom is -0.446 e. The van der Waals surface area contributed by atoms with E-state index in [0.717, 1.165) is 16.0 Å². The lowest BCUT2D eigenvalue weighted by atomic mass is 9.94. The SMILES string of the molecule is CC(C)NC(=O)OC1CCc2c(sc(NC(=O)C=Cc3ccsc3)c2C#N)C1. The third-order valence-corrected chi connectivity index (χ3v) is 6.09. The maximum Gasteiger partial charge on any atom is 0.407 e. The molecule has 8 heteroatoms. The van der Waals surface area contributed by atoms with Crippen LogP contribution in [0.4, 0.5) is 9.80 Å². The van der Waals surface area contributed by atoms with Crippen LogP contribution in [0.25, 0.3) is 6.08 Å². The number of fused-ring (bicyclic) bond motifs is 1. The molecule has 0 fully saturated rings. The molecule has 0 aliphatic heterocycles. The Bertz CT molecular complexity index is 923. The van der Waals surface area contributed by atoms with Crippen LogP contribution in [0.2, 0.25) is 0 Å². The number of amides is 2. The number of rotatable bonds is 5. The average molecular weight is 416 g/mol. The Morgan fingerprint density at radius 3 is 2.93 bits per heavy atom. The summed E-state index contributed by atoms with van der Waals surface area (Å²) in [5.74, 6) is -0.273. The van der Waals surface area contributed by atoms with E-state index in [-0.39, 0.29) is 18.1 Å². The van der Waals surface area contributed by atoms with Crippen molar-refractivity contribution < 1.29 is 14.3 Å². The molecule has 2 aromatic rings. The summed E-state index contributed by atoms with van der Waals surface area (Å²) in [6.45, 7) is 3.75. The van der Waals surface area contributed by atoms with Crippen LogP contribution in [0, 0.1) is 11.3 Å². The largest absolute Gasteiger partial charge is 0.446 e. The van der Waals surface area contributed by atoms with Gasteiger partial charge in [-0.05, 0) is 60.7 Å². The molecule has 0 saturated heterocycles.